The van der Waals surface area contributed by atoms with E-state index < -0.39 is 5.60 Å². The first-order valence-electron chi connectivity index (χ1n) is 9.40. The van der Waals surface area contributed by atoms with Crippen LogP contribution in [0.15, 0.2) is 16.7 Å². The molecule has 3 nitrogen and oxygen atoms in total. The highest BCUT2D eigenvalue weighted by Gasteiger charge is 2.65. The molecule has 2 unspecified atom stereocenters. The summed E-state index contributed by atoms with van der Waals surface area (Å²) in [6, 6.07) is 2.21. The van der Waals surface area contributed by atoms with Crippen molar-refractivity contribution >= 4 is 0 Å². The van der Waals surface area contributed by atoms with Gasteiger partial charge in [0, 0.05) is 6.42 Å². The van der Waals surface area contributed by atoms with Gasteiger partial charge in [-0.25, -0.2) is 0 Å². The van der Waals surface area contributed by atoms with E-state index in [9.17, 15) is 10.2 Å². The average molecular weight is 316 g/mol. The molecule has 3 heteroatoms. The Hall–Kier alpha value is -0.800. The quantitative estimate of drug-likeness (QED) is 0.831. The fourth-order valence-corrected chi connectivity index (χ4v) is 7.51. The lowest BCUT2D eigenvalue weighted by molar-refractivity contribution is -0.0727. The molecular weight excluding hydrogens is 288 g/mol. The Morgan fingerprint density at radius 3 is 2.96 bits per heavy atom. The predicted molar refractivity (Wildman–Crippen MR) is 87.0 cm³/mol. The van der Waals surface area contributed by atoms with Crippen molar-refractivity contribution in [2.24, 2.45) is 22.7 Å². The molecule has 0 aromatic carbocycles. The zero-order valence-electron chi connectivity index (χ0n) is 14.1. The van der Waals surface area contributed by atoms with E-state index >= 15 is 0 Å². The maximum atomic E-state index is 10.9. The molecule has 0 saturated heterocycles. The Labute approximate surface area is 138 Å². The SMILES string of the molecule is C[C@@]12CCc3occc3[C@H]1CC[C@@]13CC(CCC12)[C@@](O)(CO)C3. The lowest BCUT2D eigenvalue weighted by atomic mass is 9.45. The van der Waals surface area contributed by atoms with Crippen molar-refractivity contribution in [3.63, 3.8) is 0 Å². The molecule has 6 atom stereocenters. The first-order valence-corrected chi connectivity index (χ1v) is 9.40. The second-order valence-electron chi connectivity index (χ2n) is 9.23. The second kappa shape index (κ2) is 4.43. The summed E-state index contributed by atoms with van der Waals surface area (Å²) in [7, 11) is 0. The van der Waals surface area contributed by atoms with Gasteiger partial charge in [0.15, 0.2) is 0 Å². The number of rotatable bonds is 1. The summed E-state index contributed by atoms with van der Waals surface area (Å²) in [5.41, 5.74) is 1.26. The first-order chi connectivity index (χ1) is 11.0. The number of hydrogen-bond donors (Lipinski definition) is 2. The maximum Gasteiger partial charge on any atom is 0.107 e. The molecule has 0 amide bonds. The van der Waals surface area contributed by atoms with E-state index in [0.717, 1.165) is 25.7 Å². The molecular formula is C20H28O3. The summed E-state index contributed by atoms with van der Waals surface area (Å²) in [4.78, 5) is 0. The zero-order valence-corrected chi connectivity index (χ0v) is 14.1. The van der Waals surface area contributed by atoms with Gasteiger partial charge in [0.1, 0.15) is 5.76 Å². The van der Waals surface area contributed by atoms with Gasteiger partial charge in [-0.15, -0.1) is 0 Å². The minimum atomic E-state index is -0.812. The number of furan rings is 1. The van der Waals surface area contributed by atoms with E-state index in [1.165, 1.54) is 37.0 Å². The molecule has 2 N–H and O–H groups in total. The van der Waals surface area contributed by atoms with Gasteiger partial charge in [0.05, 0.1) is 18.5 Å². The average Bonchev–Trinajstić information content (AvgIpc) is 3.09. The highest BCUT2D eigenvalue weighted by atomic mass is 16.3. The molecule has 1 aromatic heterocycles. The van der Waals surface area contributed by atoms with Crippen LogP contribution in [0, 0.1) is 22.7 Å². The molecule has 5 rings (SSSR count). The van der Waals surface area contributed by atoms with E-state index in [2.05, 4.69) is 13.0 Å². The summed E-state index contributed by atoms with van der Waals surface area (Å²) in [6.07, 6.45) is 10.9. The summed E-state index contributed by atoms with van der Waals surface area (Å²) in [5, 5.41) is 20.7. The van der Waals surface area contributed by atoms with E-state index in [0.29, 0.717) is 23.2 Å². The lowest BCUT2D eigenvalue weighted by Gasteiger charge is -2.59. The topological polar surface area (TPSA) is 53.6 Å². The van der Waals surface area contributed by atoms with Crippen LogP contribution in [0.2, 0.25) is 0 Å². The van der Waals surface area contributed by atoms with Crippen molar-refractivity contribution in [3.05, 3.63) is 23.7 Å². The molecule has 23 heavy (non-hydrogen) atoms. The number of aryl methyl sites for hydroxylation is 1. The van der Waals surface area contributed by atoms with Crippen molar-refractivity contribution in [2.45, 2.75) is 69.8 Å². The lowest BCUT2D eigenvalue weighted by Crippen LogP contribution is -2.51. The Kier molecular flexibility index (Phi) is 2.80. The molecule has 126 valence electrons. The van der Waals surface area contributed by atoms with Gasteiger partial charge in [0.25, 0.3) is 0 Å². The van der Waals surface area contributed by atoms with Crippen LogP contribution in [-0.4, -0.2) is 22.4 Å². The summed E-state index contributed by atoms with van der Waals surface area (Å²) < 4.78 is 5.72. The standard InChI is InChI=1S/C20H28O3/c1-18-7-5-16-14(6-9-23-16)15(18)4-8-19-10-13(2-3-17(18)19)20(22,11-19)12-21/h6,9,13,15,17,21-22H,2-5,7-8,10-12H2,1H3/t13?,15-,17?,18-,19+,20+/m1/s1. The Morgan fingerprint density at radius 1 is 1.26 bits per heavy atom. The van der Waals surface area contributed by atoms with Crippen molar-refractivity contribution in [1.29, 1.82) is 0 Å². The first kappa shape index (κ1) is 14.5. The highest BCUT2D eigenvalue weighted by Crippen LogP contribution is 2.71. The van der Waals surface area contributed by atoms with Gasteiger partial charge in [-0.1, -0.05) is 6.92 Å². The Bertz CT molecular complexity index is 637. The molecule has 0 aliphatic heterocycles. The van der Waals surface area contributed by atoms with Crippen LogP contribution in [0.5, 0.6) is 0 Å². The van der Waals surface area contributed by atoms with Crippen LogP contribution < -0.4 is 0 Å². The normalized spacial score (nSPS) is 51.0. The van der Waals surface area contributed by atoms with Crippen LogP contribution in [0.3, 0.4) is 0 Å². The Balaban J connectivity index is 1.56. The zero-order chi connectivity index (χ0) is 15.9. The minimum Gasteiger partial charge on any atom is -0.469 e. The van der Waals surface area contributed by atoms with Crippen LogP contribution in [0.4, 0.5) is 0 Å². The van der Waals surface area contributed by atoms with Gasteiger partial charge < -0.3 is 14.6 Å². The van der Waals surface area contributed by atoms with Gasteiger partial charge >= 0.3 is 0 Å². The predicted octanol–water partition coefficient (Wildman–Crippen LogP) is 3.64. The highest BCUT2D eigenvalue weighted by molar-refractivity contribution is 5.31. The third kappa shape index (κ3) is 1.68. The van der Waals surface area contributed by atoms with E-state index in [4.69, 9.17) is 4.42 Å². The van der Waals surface area contributed by atoms with Crippen LogP contribution in [-0.2, 0) is 6.42 Å². The molecule has 2 bridgehead atoms. The van der Waals surface area contributed by atoms with Crippen LogP contribution >= 0.6 is 0 Å². The molecule has 0 radical (unpaired) electrons. The fourth-order valence-electron chi connectivity index (χ4n) is 7.51. The summed E-state index contributed by atoms with van der Waals surface area (Å²) in [6.45, 7) is 2.45. The van der Waals surface area contributed by atoms with Crippen LogP contribution in [0.1, 0.15) is 69.1 Å². The molecule has 1 aromatic rings. The number of aliphatic hydroxyl groups excluding tert-OH is 1. The second-order valence-corrected chi connectivity index (χ2v) is 9.23. The number of fused-ring (bicyclic) bond motifs is 5. The smallest absolute Gasteiger partial charge is 0.107 e. The van der Waals surface area contributed by atoms with Crippen molar-refractivity contribution < 1.29 is 14.6 Å². The Morgan fingerprint density at radius 2 is 2.13 bits per heavy atom. The van der Waals surface area contributed by atoms with Crippen molar-refractivity contribution in [3.8, 4) is 0 Å². The third-order valence-electron chi connectivity index (χ3n) is 8.46. The molecule has 3 fully saturated rings. The fraction of sp³-hybridized carbons (Fsp3) is 0.800. The van der Waals surface area contributed by atoms with Gasteiger partial charge in [0.2, 0.25) is 0 Å². The van der Waals surface area contributed by atoms with E-state index in [1.54, 1.807) is 0 Å². The third-order valence-corrected chi connectivity index (χ3v) is 8.46. The van der Waals surface area contributed by atoms with Crippen LogP contribution in [0.25, 0.3) is 0 Å². The van der Waals surface area contributed by atoms with Crippen molar-refractivity contribution in [2.75, 3.05) is 6.61 Å². The molecule has 3 saturated carbocycles. The maximum absolute atomic E-state index is 10.9. The van der Waals surface area contributed by atoms with Gasteiger partial charge in [-0.05, 0) is 85.2 Å². The van der Waals surface area contributed by atoms with Gasteiger partial charge in [-0.2, -0.15) is 0 Å². The van der Waals surface area contributed by atoms with Gasteiger partial charge in [-0.3, -0.25) is 0 Å². The molecule has 1 heterocycles. The molecule has 4 aliphatic carbocycles. The largest absolute Gasteiger partial charge is 0.469 e. The minimum absolute atomic E-state index is 0.0574. The van der Waals surface area contributed by atoms with E-state index in [-0.39, 0.29) is 12.0 Å². The number of hydrogen-bond acceptors (Lipinski definition) is 3. The molecule has 4 aliphatic rings. The number of aliphatic hydroxyl groups is 2. The summed E-state index contributed by atoms with van der Waals surface area (Å²) in [5.74, 6) is 2.85. The monoisotopic (exact) mass is 316 g/mol. The molecule has 1 spiro atoms. The van der Waals surface area contributed by atoms with Crippen molar-refractivity contribution in [1.82, 2.24) is 0 Å². The van der Waals surface area contributed by atoms with E-state index in [1.807, 2.05) is 6.26 Å². The summed E-state index contributed by atoms with van der Waals surface area (Å²) >= 11 is 0.